The fraction of sp³-hybridized carbons (Fsp3) is 0.391. The molecule has 3 aromatic rings. The summed E-state index contributed by atoms with van der Waals surface area (Å²) in [7, 11) is 0. The normalized spacial score (nSPS) is 16.4. The molecule has 2 amide bonds. The van der Waals surface area contributed by atoms with Gasteiger partial charge in [-0.3, -0.25) is 19.0 Å². The second kappa shape index (κ2) is 9.15. The summed E-state index contributed by atoms with van der Waals surface area (Å²) in [5.41, 5.74) is 2.02. The highest BCUT2D eigenvalue weighted by Crippen LogP contribution is 2.29. The van der Waals surface area contributed by atoms with Crippen molar-refractivity contribution in [3.05, 3.63) is 55.4 Å². The number of carbonyl (C=O) groups is 2. The zero-order valence-corrected chi connectivity index (χ0v) is 20.7. The molecule has 1 atom stereocenters. The maximum Gasteiger partial charge on any atom is 0.266 e. The highest BCUT2D eigenvalue weighted by atomic mass is 79.9. The average molecular weight is 517 g/mol. The van der Waals surface area contributed by atoms with E-state index in [4.69, 9.17) is 0 Å². The van der Waals surface area contributed by atoms with E-state index in [0.29, 0.717) is 26.3 Å². The first-order chi connectivity index (χ1) is 15.3. The van der Waals surface area contributed by atoms with Crippen molar-refractivity contribution in [2.24, 2.45) is 0 Å². The fourth-order valence-electron chi connectivity index (χ4n) is 4.09. The first-order valence-corrected chi connectivity index (χ1v) is 12.2. The van der Waals surface area contributed by atoms with Crippen molar-refractivity contribution in [2.45, 2.75) is 52.6 Å². The second-order valence-corrected chi connectivity index (χ2v) is 10.1. The second-order valence-electron chi connectivity index (χ2n) is 8.28. The molecular weight excluding hydrogens is 492 g/mol. The number of thiophene rings is 1. The van der Waals surface area contributed by atoms with Crippen LogP contribution in [-0.4, -0.2) is 38.9 Å². The van der Waals surface area contributed by atoms with Crippen LogP contribution in [0.1, 0.15) is 47.0 Å². The van der Waals surface area contributed by atoms with Crippen LogP contribution in [0.15, 0.2) is 33.8 Å². The standard InChI is InChI=1S/C23H25BrN4O3S/c1-13-7-8-17(16(24)10-13)26-21(30)20-15(3)19-22(32-20)25-12-27(23(19)31)11-18(29)28-9-5-4-6-14(28)2/h7-8,10,12,14H,4-6,9,11H2,1-3H3,(H,26,30)/t14-/m1/s1. The minimum absolute atomic E-state index is 0.0424. The van der Waals surface area contributed by atoms with Crippen LogP contribution >= 0.6 is 27.3 Å². The van der Waals surface area contributed by atoms with Gasteiger partial charge in [0.2, 0.25) is 5.91 Å². The van der Waals surface area contributed by atoms with Gasteiger partial charge in [0.15, 0.2) is 0 Å². The molecule has 1 aliphatic rings. The molecule has 2 aromatic heterocycles. The number of piperidine rings is 1. The van der Waals surface area contributed by atoms with Crippen LogP contribution in [0.3, 0.4) is 0 Å². The molecule has 0 aliphatic carbocycles. The Morgan fingerprint density at radius 2 is 2.06 bits per heavy atom. The quantitative estimate of drug-likeness (QED) is 0.553. The van der Waals surface area contributed by atoms with Crippen LogP contribution in [0.4, 0.5) is 5.69 Å². The summed E-state index contributed by atoms with van der Waals surface area (Å²) < 4.78 is 2.14. The molecule has 0 unspecified atom stereocenters. The molecule has 0 radical (unpaired) electrons. The Labute approximate surface area is 198 Å². The largest absolute Gasteiger partial charge is 0.338 e. The molecule has 1 aliphatic heterocycles. The summed E-state index contributed by atoms with van der Waals surface area (Å²) in [6, 6.07) is 5.85. The Hall–Kier alpha value is -2.52. The number of fused-ring (bicyclic) bond motifs is 1. The number of hydrogen-bond acceptors (Lipinski definition) is 5. The van der Waals surface area contributed by atoms with Crippen LogP contribution in [0.2, 0.25) is 0 Å². The number of aromatic nitrogens is 2. The summed E-state index contributed by atoms with van der Waals surface area (Å²) in [5, 5.41) is 3.29. The highest BCUT2D eigenvalue weighted by molar-refractivity contribution is 9.10. The molecule has 1 fully saturated rings. The van der Waals surface area contributed by atoms with E-state index >= 15 is 0 Å². The molecule has 4 rings (SSSR count). The molecule has 32 heavy (non-hydrogen) atoms. The molecule has 3 heterocycles. The lowest BCUT2D eigenvalue weighted by molar-refractivity contribution is -0.135. The number of rotatable bonds is 4. The van der Waals surface area contributed by atoms with Gasteiger partial charge in [0.05, 0.1) is 22.3 Å². The van der Waals surface area contributed by atoms with Crippen molar-refractivity contribution in [3.8, 4) is 0 Å². The number of likely N-dealkylation sites (tertiary alicyclic amines) is 1. The lowest BCUT2D eigenvalue weighted by Gasteiger charge is -2.33. The summed E-state index contributed by atoms with van der Waals surface area (Å²) in [6.45, 7) is 6.45. The van der Waals surface area contributed by atoms with Gasteiger partial charge in [0, 0.05) is 17.1 Å². The first kappa shape index (κ1) is 22.7. The third-order valence-corrected chi connectivity index (χ3v) is 7.78. The third-order valence-electron chi connectivity index (χ3n) is 5.93. The number of anilines is 1. The van der Waals surface area contributed by atoms with Crippen molar-refractivity contribution in [2.75, 3.05) is 11.9 Å². The van der Waals surface area contributed by atoms with E-state index in [1.165, 1.54) is 22.2 Å². The van der Waals surface area contributed by atoms with Gasteiger partial charge in [-0.25, -0.2) is 4.98 Å². The van der Waals surface area contributed by atoms with E-state index < -0.39 is 0 Å². The minimum Gasteiger partial charge on any atom is -0.338 e. The number of nitrogens with zero attached hydrogens (tertiary/aromatic N) is 3. The fourth-order valence-corrected chi connectivity index (χ4v) is 5.72. The summed E-state index contributed by atoms with van der Waals surface area (Å²) in [6.07, 6.45) is 4.50. The number of carbonyl (C=O) groups excluding carboxylic acids is 2. The highest BCUT2D eigenvalue weighted by Gasteiger charge is 2.25. The number of benzene rings is 1. The van der Waals surface area contributed by atoms with E-state index in [1.54, 1.807) is 6.92 Å². The number of nitrogens with one attached hydrogen (secondary N) is 1. The number of halogens is 1. The van der Waals surface area contributed by atoms with E-state index in [0.717, 1.165) is 35.8 Å². The van der Waals surface area contributed by atoms with Gasteiger partial charge in [-0.1, -0.05) is 6.07 Å². The molecule has 7 nitrogen and oxygen atoms in total. The molecule has 1 saturated heterocycles. The summed E-state index contributed by atoms with van der Waals surface area (Å²) >= 11 is 4.65. The van der Waals surface area contributed by atoms with Crippen molar-refractivity contribution in [1.82, 2.24) is 14.5 Å². The van der Waals surface area contributed by atoms with Gasteiger partial charge in [-0.2, -0.15) is 0 Å². The van der Waals surface area contributed by atoms with Crippen molar-refractivity contribution in [3.63, 3.8) is 0 Å². The number of amides is 2. The van der Waals surface area contributed by atoms with E-state index in [2.05, 4.69) is 26.2 Å². The van der Waals surface area contributed by atoms with Crippen molar-refractivity contribution in [1.29, 1.82) is 0 Å². The van der Waals surface area contributed by atoms with Crippen LogP contribution in [-0.2, 0) is 11.3 Å². The van der Waals surface area contributed by atoms with Gasteiger partial charge < -0.3 is 10.2 Å². The Balaban J connectivity index is 1.61. The van der Waals surface area contributed by atoms with E-state index in [9.17, 15) is 14.4 Å². The molecule has 0 saturated carbocycles. The Morgan fingerprint density at radius 1 is 1.28 bits per heavy atom. The van der Waals surface area contributed by atoms with Crippen molar-refractivity contribution < 1.29 is 9.59 Å². The predicted molar refractivity (Wildman–Crippen MR) is 130 cm³/mol. The zero-order chi connectivity index (χ0) is 23.0. The van der Waals surface area contributed by atoms with Crippen LogP contribution < -0.4 is 10.9 Å². The maximum atomic E-state index is 13.2. The summed E-state index contributed by atoms with van der Waals surface area (Å²) in [5.74, 6) is -0.366. The first-order valence-electron chi connectivity index (χ1n) is 10.6. The topological polar surface area (TPSA) is 84.3 Å². The van der Waals surface area contributed by atoms with E-state index in [-0.39, 0.29) is 30.0 Å². The lowest BCUT2D eigenvalue weighted by Crippen LogP contribution is -2.44. The predicted octanol–water partition coefficient (Wildman–Crippen LogP) is 4.49. The molecule has 168 valence electrons. The summed E-state index contributed by atoms with van der Waals surface area (Å²) in [4.78, 5) is 46.0. The lowest BCUT2D eigenvalue weighted by atomic mass is 10.0. The van der Waals surface area contributed by atoms with Gasteiger partial charge in [-0.15, -0.1) is 11.3 Å². The third kappa shape index (κ3) is 4.36. The van der Waals surface area contributed by atoms with E-state index in [1.807, 2.05) is 36.9 Å². The van der Waals surface area contributed by atoms with Crippen LogP contribution in [0.5, 0.6) is 0 Å². The van der Waals surface area contributed by atoms with Crippen LogP contribution in [0.25, 0.3) is 10.2 Å². The molecular formula is C23H25BrN4O3S. The maximum absolute atomic E-state index is 13.2. The molecule has 1 N–H and O–H groups in total. The van der Waals surface area contributed by atoms with Gasteiger partial charge in [-0.05, 0) is 79.2 Å². The van der Waals surface area contributed by atoms with Crippen LogP contribution in [0, 0.1) is 13.8 Å². The molecule has 9 heteroatoms. The Kier molecular flexibility index (Phi) is 6.48. The van der Waals surface area contributed by atoms with Crippen molar-refractivity contribution >= 4 is 55.0 Å². The molecule has 0 spiro atoms. The zero-order valence-electron chi connectivity index (χ0n) is 18.3. The SMILES string of the molecule is Cc1ccc(NC(=O)c2sc3ncn(CC(=O)N4CCCC[C@H]4C)c(=O)c3c2C)c(Br)c1. The Bertz CT molecular complexity index is 1270. The number of hydrogen-bond donors (Lipinski definition) is 1. The van der Waals surface area contributed by atoms with Gasteiger partial charge in [0.1, 0.15) is 11.4 Å². The number of aryl methyl sites for hydroxylation is 2. The molecule has 0 bridgehead atoms. The average Bonchev–Trinajstić information content (AvgIpc) is 3.09. The monoisotopic (exact) mass is 516 g/mol. The molecule has 1 aromatic carbocycles. The minimum atomic E-state index is -0.294. The van der Waals surface area contributed by atoms with Gasteiger partial charge >= 0.3 is 0 Å². The Morgan fingerprint density at radius 3 is 2.78 bits per heavy atom. The smallest absolute Gasteiger partial charge is 0.266 e. The van der Waals surface area contributed by atoms with Gasteiger partial charge in [0.25, 0.3) is 11.5 Å².